The van der Waals surface area contributed by atoms with Crippen LogP contribution in [0.5, 0.6) is 0 Å². The number of rotatable bonds is 2. The molecule has 2 rings (SSSR count). The molecule has 0 bridgehead atoms. The van der Waals surface area contributed by atoms with Gasteiger partial charge < -0.3 is 0 Å². The number of hydrogen-bond acceptors (Lipinski definition) is 3. The average molecular weight is 204 g/mol. The lowest BCUT2D eigenvalue weighted by Crippen LogP contribution is -1.79. The van der Waals surface area contributed by atoms with Crippen LogP contribution in [0, 0.1) is 6.92 Å². The minimum atomic E-state index is 1.06. The van der Waals surface area contributed by atoms with E-state index in [-0.39, 0.29) is 0 Å². The van der Waals surface area contributed by atoms with Crippen molar-refractivity contribution in [3.8, 4) is 10.6 Å². The van der Waals surface area contributed by atoms with Crippen molar-refractivity contribution >= 4 is 11.3 Å². The van der Waals surface area contributed by atoms with Crippen LogP contribution in [0.4, 0.5) is 0 Å². The summed E-state index contributed by atoms with van der Waals surface area (Å²) in [6, 6.07) is 3.99. The smallest absolute Gasteiger partial charge is 0.125 e. The summed E-state index contributed by atoms with van der Waals surface area (Å²) < 4.78 is 0. The van der Waals surface area contributed by atoms with Gasteiger partial charge >= 0.3 is 0 Å². The van der Waals surface area contributed by atoms with Gasteiger partial charge in [0.05, 0.1) is 5.69 Å². The van der Waals surface area contributed by atoms with E-state index < -0.39 is 0 Å². The summed E-state index contributed by atoms with van der Waals surface area (Å²) >= 11 is 1.76. The average Bonchev–Trinajstić information content (AvgIpc) is 2.61. The summed E-state index contributed by atoms with van der Waals surface area (Å²) in [6.07, 6.45) is 4.70. The maximum atomic E-state index is 4.53. The molecule has 0 aliphatic rings. The van der Waals surface area contributed by atoms with E-state index in [9.17, 15) is 0 Å². The second kappa shape index (κ2) is 3.88. The van der Waals surface area contributed by atoms with Gasteiger partial charge in [-0.3, -0.25) is 4.98 Å². The molecule has 0 saturated heterocycles. The van der Waals surface area contributed by atoms with Gasteiger partial charge in [0.1, 0.15) is 5.01 Å². The van der Waals surface area contributed by atoms with Gasteiger partial charge in [-0.25, -0.2) is 4.98 Å². The molecule has 14 heavy (non-hydrogen) atoms. The molecule has 2 aromatic heterocycles. The van der Waals surface area contributed by atoms with Crippen LogP contribution in [0.1, 0.15) is 17.5 Å². The first kappa shape index (κ1) is 9.34. The number of thiazole rings is 1. The fraction of sp³-hybridized carbons (Fsp3) is 0.273. The second-order valence-corrected chi connectivity index (χ2v) is 4.21. The van der Waals surface area contributed by atoms with Gasteiger partial charge in [0.15, 0.2) is 0 Å². The predicted octanol–water partition coefficient (Wildman–Crippen LogP) is 3.08. The zero-order valence-electron chi connectivity index (χ0n) is 8.32. The zero-order valence-corrected chi connectivity index (χ0v) is 9.14. The largest absolute Gasteiger partial charge is 0.264 e. The second-order valence-electron chi connectivity index (χ2n) is 3.12. The van der Waals surface area contributed by atoms with E-state index in [1.54, 1.807) is 17.5 Å². The highest BCUT2D eigenvalue weighted by Crippen LogP contribution is 2.27. The van der Waals surface area contributed by atoms with Crippen molar-refractivity contribution in [1.82, 2.24) is 9.97 Å². The third kappa shape index (κ3) is 1.68. The SMILES string of the molecule is CCc1sc(-c2cccnc2)nc1C. The van der Waals surface area contributed by atoms with Crippen molar-refractivity contribution < 1.29 is 0 Å². The Bertz CT molecular complexity index is 420. The molecule has 2 heterocycles. The van der Waals surface area contributed by atoms with Crippen LogP contribution in [-0.4, -0.2) is 9.97 Å². The summed E-state index contributed by atoms with van der Waals surface area (Å²) in [5.74, 6) is 0. The van der Waals surface area contributed by atoms with Crippen LogP contribution in [0.25, 0.3) is 10.6 Å². The quantitative estimate of drug-likeness (QED) is 0.751. The van der Waals surface area contributed by atoms with E-state index in [0.29, 0.717) is 0 Å². The highest BCUT2D eigenvalue weighted by atomic mass is 32.1. The van der Waals surface area contributed by atoms with Crippen LogP contribution in [0.2, 0.25) is 0 Å². The Morgan fingerprint density at radius 3 is 2.86 bits per heavy atom. The molecule has 0 aliphatic carbocycles. The van der Waals surface area contributed by atoms with Gasteiger partial charge in [-0.05, 0) is 25.5 Å². The first-order chi connectivity index (χ1) is 6.81. The van der Waals surface area contributed by atoms with Gasteiger partial charge in [-0.2, -0.15) is 0 Å². The first-order valence-corrected chi connectivity index (χ1v) is 5.49. The van der Waals surface area contributed by atoms with Gasteiger partial charge in [-0.1, -0.05) is 6.92 Å². The topological polar surface area (TPSA) is 25.8 Å². The molecule has 0 aromatic carbocycles. The molecule has 0 radical (unpaired) electrons. The highest BCUT2D eigenvalue weighted by Gasteiger charge is 2.07. The zero-order chi connectivity index (χ0) is 9.97. The Hall–Kier alpha value is -1.22. The van der Waals surface area contributed by atoms with Crippen molar-refractivity contribution in [3.05, 3.63) is 35.1 Å². The van der Waals surface area contributed by atoms with Crippen LogP contribution in [0.3, 0.4) is 0 Å². The van der Waals surface area contributed by atoms with Gasteiger partial charge in [0, 0.05) is 22.8 Å². The van der Waals surface area contributed by atoms with E-state index in [4.69, 9.17) is 0 Å². The molecular formula is C11H12N2S. The van der Waals surface area contributed by atoms with Gasteiger partial charge in [0.2, 0.25) is 0 Å². The maximum absolute atomic E-state index is 4.53. The highest BCUT2D eigenvalue weighted by molar-refractivity contribution is 7.15. The summed E-state index contributed by atoms with van der Waals surface area (Å²) in [4.78, 5) is 9.99. The third-order valence-electron chi connectivity index (χ3n) is 2.12. The molecule has 0 fully saturated rings. The fourth-order valence-electron chi connectivity index (χ4n) is 1.37. The van der Waals surface area contributed by atoms with E-state index in [1.165, 1.54) is 4.88 Å². The lowest BCUT2D eigenvalue weighted by atomic mass is 10.3. The number of hydrogen-bond donors (Lipinski definition) is 0. The molecule has 2 nitrogen and oxygen atoms in total. The minimum absolute atomic E-state index is 1.06. The predicted molar refractivity (Wildman–Crippen MR) is 59.5 cm³/mol. The van der Waals surface area contributed by atoms with Crippen molar-refractivity contribution in [2.75, 3.05) is 0 Å². The molecule has 0 amide bonds. The molecule has 0 spiro atoms. The van der Waals surface area contributed by atoms with Crippen LogP contribution in [-0.2, 0) is 6.42 Å². The van der Waals surface area contributed by atoms with Crippen molar-refractivity contribution in [1.29, 1.82) is 0 Å². The summed E-state index contributed by atoms with van der Waals surface area (Å²) in [5, 5.41) is 1.08. The van der Waals surface area contributed by atoms with E-state index in [0.717, 1.165) is 22.7 Å². The van der Waals surface area contributed by atoms with Crippen molar-refractivity contribution in [2.45, 2.75) is 20.3 Å². The monoisotopic (exact) mass is 204 g/mol. The molecule has 0 unspecified atom stereocenters. The lowest BCUT2D eigenvalue weighted by molar-refractivity contribution is 1.11. The minimum Gasteiger partial charge on any atom is -0.264 e. The molecular weight excluding hydrogens is 192 g/mol. The Morgan fingerprint density at radius 2 is 2.29 bits per heavy atom. The van der Waals surface area contributed by atoms with E-state index >= 15 is 0 Å². The first-order valence-electron chi connectivity index (χ1n) is 4.68. The fourth-order valence-corrected chi connectivity index (χ4v) is 2.36. The molecule has 3 heteroatoms. The third-order valence-corrected chi connectivity index (χ3v) is 3.47. The Kier molecular flexibility index (Phi) is 2.59. The van der Waals surface area contributed by atoms with Crippen molar-refractivity contribution in [2.24, 2.45) is 0 Å². The molecule has 72 valence electrons. The normalized spacial score (nSPS) is 10.4. The Balaban J connectivity index is 2.43. The molecule has 0 aliphatic heterocycles. The number of pyridine rings is 1. The summed E-state index contributed by atoms with van der Waals surface area (Å²) in [5.41, 5.74) is 2.26. The maximum Gasteiger partial charge on any atom is 0.125 e. The summed E-state index contributed by atoms with van der Waals surface area (Å²) in [6.45, 7) is 4.22. The number of aryl methyl sites for hydroxylation is 2. The molecule has 0 atom stereocenters. The molecule has 0 saturated carbocycles. The van der Waals surface area contributed by atoms with Crippen LogP contribution in [0.15, 0.2) is 24.5 Å². The standard InChI is InChI=1S/C11H12N2S/c1-3-10-8(2)13-11(14-10)9-5-4-6-12-7-9/h4-7H,3H2,1-2H3. The number of nitrogens with zero attached hydrogens (tertiary/aromatic N) is 2. The summed E-state index contributed by atoms with van der Waals surface area (Å²) in [7, 11) is 0. The van der Waals surface area contributed by atoms with Gasteiger partial charge in [-0.15, -0.1) is 11.3 Å². The van der Waals surface area contributed by atoms with E-state index in [2.05, 4.69) is 23.8 Å². The van der Waals surface area contributed by atoms with Gasteiger partial charge in [0.25, 0.3) is 0 Å². The Morgan fingerprint density at radius 1 is 1.43 bits per heavy atom. The van der Waals surface area contributed by atoms with Crippen LogP contribution < -0.4 is 0 Å². The van der Waals surface area contributed by atoms with E-state index in [1.807, 2.05) is 18.3 Å². The molecule has 2 aromatic rings. The Labute approximate surface area is 87.7 Å². The van der Waals surface area contributed by atoms with Crippen LogP contribution >= 0.6 is 11.3 Å². The lowest BCUT2D eigenvalue weighted by Gasteiger charge is -1.91. The molecule has 0 N–H and O–H groups in total. The number of aromatic nitrogens is 2. The van der Waals surface area contributed by atoms with Crippen molar-refractivity contribution in [3.63, 3.8) is 0 Å².